The van der Waals surface area contributed by atoms with E-state index in [0.717, 1.165) is 5.56 Å². The minimum atomic E-state index is -0.258. The second kappa shape index (κ2) is 8.08. The van der Waals surface area contributed by atoms with Gasteiger partial charge < -0.3 is 15.3 Å². The highest BCUT2D eigenvalue weighted by Gasteiger charge is 2.17. The number of aryl methyl sites for hydroxylation is 1. The van der Waals surface area contributed by atoms with Gasteiger partial charge in [-0.15, -0.1) is 0 Å². The molecule has 0 saturated heterocycles. The molecule has 112 valence electrons. The lowest BCUT2D eigenvalue weighted by Gasteiger charge is -2.17. The van der Waals surface area contributed by atoms with Crippen LogP contribution in [0, 0.1) is 18.8 Å². The molecule has 0 saturated carbocycles. The Morgan fingerprint density at radius 2 is 2.10 bits per heavy atom. The lowest BCUT2D eigenvalue weighted by Crippen LogP contribution is -2.37. The van der Waals surface area contributed by atoms with E-state index >= 15 is 0 Å². The van der Waals surface area contributed by atoms with Crippen LogP contribution in [0.1, 0.15) is 27.9 Å². The van der Waals surface area contributed by atoms with Crippen molar-refractivity contribution in [3.63, 3.8) is 0 Å². The van der Waals surface area contributed by atoms with Gasteiger partial charge in [0.05, 0.1) is 18.7 Å². The number of likely N-dealkylation sites (N-methyl/N-ethyl adjacent to an activating group) is 2. The number of aliphatic hydroxyl groups is 1. The molecule has 2 amide bonds. The normalized spacial score (nSPS) is 9.52. The van der Waals surface area contributed by atoms with Crippen LogP contribution in [0.4, 0.5) is 0 Å². The highest BCUT2D eigenvalue weighted by molar-refractivity contribution is 5.98. The largest absolute Gasteiger partial charge is 0.395 e. The SMILES string of the molecule is CNC(=O)CN(C)C(=O)c1ccc(C)cc1C#CCCO. The number of hydrogen-bond acceptors (Lipinski definition) is 3. The van der Waals surface area contributed by atoms with Gasteiger partial charge in [-0.05, 0) is 24.6 Å². The highest BCUT2D eigenvalue weighted by Crippen LogP contribution is 2.13. The first kappa shape index (κ1) is 16.7. The summed E-state index contributed by atoms with van der Waals surface area (Å²) in [6, 6.07) is 5.37. The van der Waals surface area contributed by atoms with Crippen molar-refractivity contribution in [1.82, 2.24) is 10.2 Å². The number of carbonyl (C=O) groups excluding carboxylic acids is 2. The summed E-state index contributed by atoms with van der Waals surface area (Å²) in [5, 5.41) is 11.2. The summed E-state index contributed by atoms with van der Waals surface area (Å²) in [4.78, 5) is 25.1. The van der Waals surface area contributed by atoms with E-state index < -0.39 is 0 Å². The van der Waals surface area contributed by atoms with Gasteiger partial charge in [-0.1, -0.05) is 17.9 Å². The average Bonchev–Trinajstić information content (AvgIpc) is 2.46. The van der Waals surface area contributed by atoms with Crippen molar-refractivity contribution >= 4 is 11.8 Å². The third-order valence-electron chi connectivity index (χ3n) is 2.87. The molecule has 0 unspecified atom stereocenters. The fraction of sp³-hybridized carbons (Fsp3) is 0.375. The monoisotopic (exact) mass is 288 g/mol. The molecule has 1 aromatic carbocycles. The van der Waals surface area contributed by atoms with Crippen molar-refractivity contribution in [2.45, 2.75) is 13.3 Å². The van der Waals surface area contributed by atoms with Crippen LogP contribution in [0.3, 0.4) is 0 Å². The lowest BCUT2D eigenvalue weighted by molar-refractivity contribution is -0.121. The fourth-order valence-corrected chi connectivity index (χ4v) is 1.73. The van der Waals surface area contributed by atoms with Gasteiger partial charge in [0.2, 0.25) is 5.91 Å². The van der Waals surface area contributed by atoms with Gasteiger partial charge in [0, 0.05) is 26.1 Å². The maximum absolute atomic E-state index is 12.4. The third kappa shape index (κ3) is 4.93. The molecule has 5 nitrogen and oxygen atoms in total. The molecule has 1 rings (SSSR count). The Hall–Kier alpha value is -2.32. The van der Waals surface area contributed by atoms with Gasteiger partial charge in [0.1, 0.15) is 0 Å². The second-order valence-corrected chi connectivity index (χ2v) is 4.66. The van der Waals surface area contributed by atoms with Crippen LogP contribution in [0.2, 0.25) is 0 Å². The zero-order chi connectivity index (χ0) is 15.8. The molecule has 21 heavy (non-hydrogen) atoms. The Balaban J connectivity index is 3.03. The smallest absolute Gasteiger partial charge is 0.255 e. The Morgan fingerprint density at radius 1 is 1.38 bits per heavy atom. The molecular weight excluding hydrogens is 268 g/mol. The summed E-state index contributed by atoms with van der Waals surface area (Å²) in [5.41, 5.74) is 2.06. The van der Waals surface area contributed by atoms with Gasteiger partial charge in [0.25, 0.3) is 5.91 Å². The van der Waals surface area contributed by atoms with Crippen LogP contribution in [-0.2, 0) is 4.79 Å². The summed E-state index contributed by atoms with van der Waals surface area (Å²) in [7, 11) is 3.10. The molecule has 0 aromatic heterocycles. The molecule has 1 aromatic rings. The molecule has 0 aliphatic rings. The molecule has 5 heteroatoms. The Bertz CT molecular complexity index is 585. The molecule has 0 bridgehead atoms. The number of benzene rings is 1. The van der Waals surface area contributed by atoms with Crippen LogP contribution in [0.25, 0.3) is 0 Å². The van der Waals surface area contributed by atoms with Crippen molar-refractivity contribution in [1.29, 1.82) is 0 Å². The second-order valence-electron chi connectivity index (χ2n) is 4.66. The first-order chi connectivity index (χ1) is 9.99. The molecule has 0 fully saturated rings. The van der Waals surface area contributed by atoms with Crippen molar-refractivity contribution in [3.8, 4) is 11.8 Å². The number of amides is 2. The van der Waals surface area contributed by atoms with Crippen molar-refractivity contribution in [2.24, 2.45) is 0 Å². The molecule has 0 heterocycles. The maximum Gasteiger partial charge on any atom is 0.255 e. The van der Waals surface area contributed by atoms with Gasteiger partial charge in [-0.25, -0.2) is 0 Å². The molecule has 0 spiro atoms. The summed E-state index contributed by atoms with van der Waals surface area (Å²) in [6.07, 6.45) is 0.357. The zero-order valence-corrected chi connectivity index (χ0v) is 12.6. The minimum Gasteiger partial charge on any atom is -0.395 e. The van der Waals surface area contributed by atoms with Gasteiger partial charge >= 0.3 is 0 Å². The number of hydrogen-bond donors (Lipinski definition) is 2. The Labute approximate surface area is 125 Å². The quantitative estimate of drug-likeness (QED) is 0.795. The maximum atomic E-state index is 12.4. The predicted molar refractivity (Wildman–Crippen MR) is 80.8 cm³/mol. The topological polar surface area (TPSA) is 69.6 Å². The number of aliphatic hydroxyl groups excluding tert-OH is 1. The first-order valence-corrected chi connectivity index (χ1v) is 6.66. The van der Waals surface area contributed by atoms with Crippen molar-refractivity contribution in [3.05, 3.63) is 34.9 Å². The molecular formula is C16H20N2O3. The van der Waals surface area contributed by atoms with E-state index in [-0.39, 0.29) is 25.0 Å². The average molecular weight is 288 g/mol. The number of nitrogens with zero attached hydrogens (tertiary/aromatic N) is 1. The minimum absolute atomic E-state index is 0.00722. The van der Waals surface area contributed by atoms with Crippen molar-refractivity contribution in [2.75, 3.05) is 27.2 Å². The van der Waals surface area contributed by atoms with Crippen LogP contribution >= 0.6 is 0 Å². The first-order valence-electron chi connectivity index (χ1n) is 6.66. The molecule has 0 aliphatic heterocycles. The molecule has 0 aliphatic carbocycles. The van der Waals surface area contributed by atoms with E-state index in [2.05, 4.69) is 17.2 Å². The molecule has 0 atom stereocenters. The Kier molecular flexibility index (Phi) is 6.44. The van der Waals surface area contributed by atoms with Crippen LogP contribution in [-0.4, -0.2) is 49.1 Å². The molecule has 0 radical (unpaired) electrons. The van der Waals surface area contributed by atoms with E-state index in [0.29, 0.717) is 17.5 Å². The van der Waals surface area contributed by atoms with Crippen LogP contribution in [0.5, 0.6) is 0 Å². The zero-order valence-electron chi connectivity index (χ0n) is 12.6. The van der Waals surface area contributed by atoms with Gasteiger partial charge in [-0.3, -0.25) is 9.59 Å². The fourth-order valence-electron chi connectivity index (χ4n) is 1.73. The van der Waals surface area contributed by atoms with E-state index in [4.69, 9.17) is 5.11 Å². The number of carbonyl (C=O) groups is 2. The van der Waals surface area contributed by atoms with E-state index in [1.807, 2.05) is 19.1 Å². The van der Waals surface area contributed by atoms with Gasteiger partial charge in [0.15, 0.2) is 0 Å². The Morgan fingerprint density at radius 3 is 2.71 bits per heavy atom. The predicted octanol–water partition coefficient (Wildman–Crippen LogP) is 0.547. The van der Waals surface area contributed by atoms with E-state index in [9.17, 15) is 9.59 Å². The highest BCUT2D eigenvalue weighted by atomic mass is 16.2. The van der Waals surface area contributed by atoms with Crippen molar-refractivity contribution < 1.29 is 14.7 Å². The number of rotatable bonds is 4. The summed E-state index contributed by atoms with van der Waals surface area (Å²) in [6.45, 7) is 1.89. The third-order valence-corrected chi connectivity index (χ3v) is 2.87. The number of nitrogens with one attached hydrogen (secondary N) is 1. The lowest BCUT2D eigenvalue weighted by atomic mass is 10.0. The summed E-state index contributed by atoms with van der Waals surface area (Å²) >= 11 is 0. The van der Waals surface area contributed by atoms with Gasteiger partial charge in [-0.2, -0.15) is 0 Å². The standard InChI is InChI=1S/C16H20N2O3/c1-12-7-8-14(13(10-12)6-4-5-9-19)16(21)18(3)11-15(20)17-2/h7-8,10,19H,5,9,11H2,1-3H3,(H,17,20). The van der Waals surface area contributed by atoms with Crippen LogP contribution < -0.4 is 5.32 Å². The summed E-state index contributed by atoms with van der Waals surface area (Å²) in [5.74, 6) is 5.23. The van der Waals surface area contributed by atoms with Crippen LogP contribution in [0.15, 0.2) is 18.2 Å². The summed E-state index contributed by atoms with van der Waals surface area (Å²) < 4.78 is 0. The molecule has 2 N–H and O–H groups in total. The van der Waals surface area contributed by atoms with E-state index in [1.54, 1.807) is 13.1 Å². The van der Waals surface area contributed by atoms with E-state index in [1.165, 1.54) is 11.9 Å².